The summed E-state index contributed by atoms with van der Waals surface area (Å²) < 4.78 is 0. The van der Waals surface area contributed by atoms with Gasteiger partial charge in [-0.25, -0.2) is 9.97 Å². The van der Waals surface area contributed by atoms with Gasteiger partial charge in [0.05, 0.1) is 5.69 Å². The predicted octanol–water partition coefficient (Wildman–Crippen LogP) is 4.29. The molecule has 3 aromatic rings. The largest absolute Gasteiger partial charge is 0.373 e. The fourth-order valence-corrected chi connectivity index (χ4v) is 2.46. The molecule has 0 spiro atoms. The molecular formula is C18H19N3. The molecule has 1 heterocycles. The molecule has 3 heteroatoms. The minimum absolute atomic E-state index is 0.872. The molecule has 3 rings (SSSR count). The Bertz CT molecular complexity index is 765. The summed E-state index contributed by atoms with van der Waals surface area (Å²) in [6.45, 7) is 2.14. The number of nitrogens with zero attached hydrogens (tertiary/aromatic N) is 2. The van der Waals surface area contributed by atoms with Crippen LogP contribution in [0.2, 0.25) is 0 Å². The Morgan fingerprint density at radius 2 is 1.76 bits per heavy atom. The average molecular weight is 277 g/mol. The van der Waals surface area contributed by atoms with Crippen LogP contribution in [-0.2, 0) is 6.42 Å². The third-order valence-corrected chi connectivity index (χ3v) is 3.55. The highest BCUT2D eigenvalue weighted by Gasteiger charge is 2.06. The number of nitrogens with one attached hydrogen (secondary N) is 1. The smallest absolute Gasteiger partial charge is 0.131 e. The zero-order chi connectivity index (χ0) is 14.7. The van der Waals surface area contributed by atoms with Gasteiger partial charge in [-0.05, 0) is 23.3 Å². The second kappa shape index (κ2) is 5.92. The van der Waals surface area contributed by atoms with Crippen LogP contribution in [0.15, 0.2) is 48.5 Å². The van der Waals surface area contributed by atoms with Gasteiger partial charge in [-0.15, -0.1) is 0 Å². The van der Waals surface area contributed by atoms with Crippen LogP contribution in [0.4, 0.5) is 5.82 Å². The van der Waals surface area contributed by atoms with Crippen LogP contribution in [0.25, 0.3) is 22.0 Å². The number of anilines is 1. The quantitative estimate of drug-likeness (QED) is 0.773. The second-order valence-corrected chi connectivity index (χ2v) is 5.12. The summed E-state index contributed by atoms with van der Waals surface area (Å²) in [7, 11) is 1.89. The minimum Gasteiger partial charge on any atom is -0.373 e. The molecule has 1 aromatic heterocycles. The van der Waals surface area contributed by atoms with Crippen molar-refractivity contribution in [3.8, 4) is 11.3 Å². The van der Waals surface area contributed by atoms with Crippen LogP contribution in [0.1, 0.15) is 19.2 Å². The van der Waals surface area contributed by atoms with Gasteiger partial charge in [0.2, 0.25) is 0 Å². The SMILES string of the molecule is CCCc1nc(NC)cc(-c2ccc3ccccc3c2)n1. The van der Waals surface area contributed by atoms with E-state index in [0.717, 1.165) is 35.7 Å². The highest BCUT2D eigenvalue weighted by Crippen LogP contribution is 2.24. The summed E-state index contributed by atoms with van der Waals surface area (Å²) >= 11 is 0. The zero-order valence-electron chi connectivity index (χ0n) is 12.4. The molecule has 0 saturated heterocycles. The molecule has 0 bridgehead atoms. The van der Waals surface area contributed by atoms with Crippen molar-refractivity contribution in [2.75, 3.05) is 12.4 Å². The van der Waals surface area contributed by atoms with E-state index in [9.17, 15) is 0 Å². The Labute approximate surface area is 125 Å². The Balaban J connectivity index is 2.10. The van der Waals surface area contributed by atoms with Crippen molar-refractivity contribution in [2.45, 2.75) is 19.8 Å². The van der Waals surface area contributed by atoms with Crippen molar-refractivity contribution in [1.29, 1.82) is 0 Å². The number of hydrogen-bond donors (Lipinski definition) is 1. The first kappa shape index (κ1) is 13.6. The fourth-order valence-electron chi connectivity index (χ4n) is 2.46. The van der Waals surface area contributed by atoms with E-state index in [0.29, 0.717) is 0 Å². The van der Waals surface area contributed by atoms with Gasteiger partial charge in [0.15, 0.2) is 0 Å². The Kier molecular flexibility index (Phi) is 3.82. The van der Waals surface area contributed by atoms with E-state index < -0.39 is 0 Å². The van der Waals surface area contributed by atoms with Crippen LogP contribution < -0.4 is 5.32 Å². The standard InChI is InChI=1S/C18H19N3/c1-3-6-17-20-16(12-18(19-2)21-17)15-10-9-13-7-4-5-8-14(13)11-15/h4-5,7-12H,3,6H2,1-2H3,(H,19,20,21). The summed E-state index contributed by atoms with van der Waals surface area (Å²) in [5.74, 6) is 1.77. The molecule has 0 fully saturated rings. The topological polar surface area (TPSA) is 37.8 Å². The van der Waals surface area contributed by atoms with E-state index in [1.807, 2.05) is 13.1 Å². The summed E-state index contributed by atoms with van der Waals surface area (Å²) in [5, 5.41) is 5.60. The molecule has 106 valence electrons. The van der Waals surface area contributed by atoms with Gasteiger partial charge in [-0.3, -0.25) is 0 Å². The molecule has 0 amide bonds. The molecule has 0 unspecified atom stereocenters. The van der Waals surface area contributed by atoms with Gasteiger partial charge in [0.25, 0.3) is 0 Å². The molecule has 0 radical (unpaired) electrons. The maximum atomic E-state index is 4.70. The van der Waals surface area contributed by atoms with Crippen molar-refractivity contribution < 1.29 is 0 Å². The average Bonchev–Trinajstić information content (AvgIpc) is 2.54. The molecule has 0 saturated carbocycles. The van der Waals surface area contributed by atoms with Crippen LogP contribution in [0, 0.1) is 0 Å². The van der Waals surface area contributed by atoms with E-state index in [1.54, 1.807) is 0 Å². The first-order valence-electron chi connectivity index (χ1n) is 7.35. The monoisotopic (exact) mass is 277 g/mol. The molecule has 0 atom stereocenters. The third kappa shape index (κ3) is 2.87. The van der Waals surface area contributed by atoms with Gasteiger partial charge in [0.1, 0.15) is 11.6 Å². The Morgan fingerprint density at radius 1 is 0.952 bits per heavy atom. The van der Waals surface area contributed by atoms with Crippen molar-refractivity contribution in [2.24, 2.45) is 0 Å². The number of aromatic nitrogens is 2. The first-order valence-corrected chi connectivity index (χ1v) is 7.35. The molecule has 1 N–H and O–H groups in total. The lowest BCUT2D eigenvalue weighted by Gasteiger charge is -2.08. The molecule has 21 heavy (non-hydrogen) atoms. The Morgan fingerprint density at radius 3 is 2.52 bits per heavy atom. The highest BCUT2D eigenvalue weighted by molar-refractivity contribution is 5.86. The minimum atomic E-state index is 0.872. The molecule has 2 aromatic carbocycles. The lowest BCUT2D eigenvalue weighted by atomic mass is 10.0. The van der Waals surface area contributed by atoms with Gasteiger partial charge in [0, 0.05) is 25.1 Å². The lowest BCUT2D eigenvalue weighted by molar-refractivity contribution is 0.838. The summed E-state index contributed by atoms with van der Waals surface area (Å²) in [6, 6.07) is 16.8. The molecular weight excluding hydrogens is 258 g/mol. The molecule has 0 aliphatic carbocycles. The zero-order valence-corrected chi connectivity index (χ0v) is 12.4. The fraction of sp³-hybridized carbons (Fsp3) is 0.222. The number of benzene rings is 2. The second-order valence-electron chi connectivity index (χ2n) is 5.12. The molecule has 3 nitrogen and oxygen atoms in total. The normalized spacial score (nSPS) is 10.8. The first-order chi connectivity index (χ1) is 10.3. The van der Waals surface area contributed by atoms with E-state index in [4.69, 9.17) is 4.98 Å². The maximum absolute atomic E-state index is 4.70. The Hall–Kier alpha value is -2.42. The van der Waals surface area contributed by atoms with Crippen molar-refractivity contribution in [1.82, 2.24) is 9.97 Å². The van der Waals surface area contributed by atoms with Crippen molar-refractivity contribution in [3.05, 3.63) is 54.4 Å². The molecule has 0 aliphatic rings. The van der Waals surface area contributed by atoms with Crippen LogP contribution in [0.5, 0.6) is 0 Å². The van der Waals surface area contributed by atoms with E-state index >= 15 is 0 Å². The van der Waals surface area contributed by atoms with Crippen molar-refractivity contribution in [3.63, 3.8) is 0 Å². The maximum Gasteiger partial charge on any atom is 0.131 e. The van der Waals surface area contributed by atoms with E-state index in [1.165, 1.54) is 10.8 Å². The van der Waals surface area contributed by atoms with Crippen LogP contribution >= 0.6 is 0 Å². The molecule has 0 aliphatic heterocycles. The van der Waals surface area contributed by atoms with Gasteiger partial charge in [-0.1, -0.05) is 43.3 Å². The highest BCUT2D eigenvalue weighted by atomic mass is 15.0. The van der Waals surface area contributed by atoms with Gasteiger partial charge in [-0.2, -0.15) is 0 Å². The van der Waals surface area contributed by atoms with Gasteiger partial charge < -0.3 is 5.32 Å². The number of rotatable bonds is 4. The van der Waals surface area contributed by atoms with Crippen LogP contribution in [-0.4, -0.2) is 17.0 Å². The number of fused-ring (bicyclic) bond motifs is 1. The van der Waals surface area contributed by atoms with Gasteiger partial charge >= 0.3 is 0 Å². The van der Waals surface area contributed by atoms with Crippen molar-refractivity contribution >= 4 is 16.6 Å². The summed E-state index contributed by atoms with van der Waals surface area (Å²) in [6.07, 6.45) is 1.94. The predicted molar refractivity (Wildman–Crippen MR) is 88.5 cm³/mol. The van der Waals surface area contributed by atoms with Crippen LogP contribution in [0.3, 0.4) is 0 Å². The summed E-state index contributed by atoms with van der Waals surface area (Å²) in [5.41, 5.74) is 2.11. The number of hydrogen-bond acceptors (Lipinski definition) is 3. The number of aryl methyl sites for hydroxylation is 1. The van der Waals surface area contributed by atoms with E-state index in [2.05, 4.69) is 59.7 Å². The lowest BCUT2D eigenvalue weighted by Crippen LogP contribution is -2.01. The van der Waals surface area contributed by atoms with E-state index in [-0.39, 0.29) is 0 Å². The third-order valence-electron chi connectivity index (χ3n) is 3.55. The summed E-state index contributed by atoms with van der Waals surface area (Å²) in [4.78, 5) is 9.20.